The van der Waals surface area contributed by atoms with E-state index >= 15 is 0 Å². The van der Waals surface area contributed by atoms with E-state index in [9.17, 15) is 26.3 Å². The van der Waals surface area contributed by atoms with Gasteiger partial charge in [0.05, 0.1) is 10.6 Å². The van der Waals surface area contributed by atoms with Gasteiger partial charge in [0.2, 0.25) is 5.82 Å². The van der Waals surface area contributed by atoms with Gasteiger partial charge in [0, 0.05) is 11.8 Å². The lowest BCUT2D eigenvalue weighted by molar-refractivity contribution is 0.381. The molecule has 3 nitrogen and oxygen atoms in total. The molecular weight excluding hydrogens is 398 g/mol. The lowest BCUT2D eigenvalue weighted by Gasteiger charge is -2.13. The minimum absolute atomic E-state index is 0.0191. The lowest BCUT2D eigenvalue weighted by atomic mass is 10.0. The zero-order chi connectivity index (χ0) is 19.9. The van der Waals surface area contributed by atoms with Gasteiger partial charge in [0.25, 0.3) is 0 Å². The number of hydrogen-bond donors (Lipinski definition) is 1. The van der Waals surface area contributed by atoms with Gasteiger partial charge in [-0.15, -0.1) is 0 Å². The number of hydrogen-bond acceptors (Lipinski definition) is 3. The Morgan fingerprint density at radius 2 is 1.44 bits per heavy atom. The number of ether oxygens (including phenoxy) is 1. The number of pyridine rings is 1. The normalized spacial score (nSPS) is 10.9. The minimum atomic E-state index is -2.36. The number of halogens is 7. The quantitative estimate of drug-likeness (QED) is 0.350. The number of benzene rings is 2. The predicted molar refractivity (Wildman–Crippen MR) is 85.4 cm³/mol. The molecule has 0 bridgehead atoms. The van der Waals surface area contributed by atoms with Crippen molar-refractivity contribution in [2.24, 2.45) is 0 Å². The third-order valence-electron chi connectivity index (χ3n) is 3.52. The Kier molecular flexibility index (Phi) is 4.88. The Balaban J connectivity index is 2.20. The summed E-state index contributed by atoms with van der Waals surface area (Å²) in [4.78, 5) is 3.74. The second-order valence-corrected chi connectivity index (χ2v) is 5.60. The van der Waals surface area contributed by atoms with Crippen molar-refractivity contribution in [3.05, 3.63) is 70.4 Å². The Hall–Kier alpha value is -2.94. The largest absolute Gasteiger partial charge is 0.452 e. The van der Waals surface area contributed by atoms with E-state index in [0.29, 0.717) is 12.1 Å². The zero-order valence-electron chi connectivity index (χ0n) is 13.0. The number of anilines is 1. The smallest absolute Gasteiger partial charge is 0.200 e. The highest BCUT2D eigenvalue weighted by atomic mass is 35.5. The molecule has 0 fully saturated rings. The van der Waals surface area contributed by atoms with E-state index in [-0.39, 0.29) is 22.3 Å². The molecule has 0 aliphatic heterocycles. The zero-order valence-corrected chi connectivity index (χ0v) is 13.7. The number of aromatic nitrogens is 1. The summed E-state index contributed by atoms with van der Waals surface area (Å²) in [5.41, 5.74) is 3.19. The Morgan fingerprint density at radius 1 is 0.852 bits per heavy atom. The van der Waals surface area contributed by atoms with E-state index in [1.54, 1.807) is 0 Å². The summed E-state index contributed by atoms with van der Waals surface area (Å²) in [6, 6.07) is 4.13. The first-order chi connectivity index (χ1) is 12.7. The van der Waals surface area contributed by atoms with Crippen molar-refractivity contribution in [3.8, 4) is 22.6 Å². The summed E-state index contributed by atoms with van der Waals surface area (Å²) in [5.74, 6) is -12.9. The fourth-order valence-electron chi connectivity index (χ4n) is 2.25. The summed E-state index contributed by atoms with van der Waals surface area (Å²) >= 11 is 5.84. The van der Waals surface area contributed by atoms with Crippen LogP contribution in [0.25, 0.3) is 11.1 Å². The first-order valence-corrected chi connectivity index (χ1v) is 7.49. The molecule has 0 radical (unpaired) electrons. The van der Waals surface area contributed by atoms with E-state index in [2.05, 4.69) is 4.98 Å². The summed E-state index contributed by atoms with van der Waals surface area (Å²) in [6.07, 6.45) is 1.36. The Labute approximate surface area is 153 Å². The van der Waals surface area contributed by atoms with Crippen molar-refractivity contribution < 1.29 is 31.1 Å². The van der Waals surface area contributed by atoms with Crippen LogP contribution in [0.4, 0.5) is 32.2 Å². The summed E-state index contributed by atoms with van der Waals surface area (Å²) in [5, 5.41) is -0.330. The Bertz CT molecular complexity index is 1030. The van der Waals surface area contributed by atoms with Crippen molar-refractivity contribution in [2.45, 2.75) is 0 Å². The molecule has 10 heteroatoms. The molecular formula is C17H7ClF6N2O. The molecule has 1 aromatic heterocycles. The van der Waals surface area contributed by atoms with Crippen molar-refractivity contribution in [3.63, 3.8) is 0 Å². The molecule has 0 spiro atoms. The fourth-order valence-corrected chi connectivity index (χ4v) is 2.44. The van der Waals surface area contributed by atoms with E-state index in [1.165, 1.54) is 18.3 Å². The van der Waals surface area contributed by atoms with Crippen LogP contribution in [0.5, 0.6) is 11.5 Å². The second-order valence-electron chi connectivity index (χ2n) is 5.20. The van der Waals surface area contributed by atoms with Gasteiger partial charge in [-0.05, 0) is 24.3 Å². The molecule has 0 saturated carbocycles. The summed E-state index contributed by atoms with van der Waals surface area (Å²) < 4.78 is 87.6. The average Bonchev–Trinajstić information content (AvgIpc) is 2.63. The van der Waals surface area contributed by atoms with E-state index < -0.39 is 46.0 Å². The fraction of sp³-hybridized carbons (Fsp3) is 0. The predicted octanol–water partition coefficient (Wildman–Crippen LogP) is 5.61. The van der Waals surface area contributed by atoms with Crippen LogP contribution in [0.3, 0.4) is 0 Å². The molecule has 3 aromatic rings. The van der Waals surface area contributed by atoms with Gasteiger partial charge in [0.1, 0.15) is 11.6 Å². The van der Waals surface area contributed by atoms with Crippen LogP contribution in [-0.2, 0) is 0 Å². The molecule has 0 atom stereocenters. The van der Waals surface area contributed by atoms with Crippen molar-refractivity contribution in [1.29, 1.82) is 0 Å². The first kappa shape index (κ1) is 18.8. The SMILES string of the molecule is Nc1ncccc1Oc1cc(-c2c(F)c(F)c(F)c(F)c2F)c(F)cc1Cl. The molecule has 0 aliphatic carbocycles. The molecule has 0 saturated heterocycles. The average molecular weight is 405 g/mol. The molecule has 27 heavy (non-hydrogen) atoms. The van der Waals surface area contributed by atoms with Crippen molar-refractivity contribution in [2.75, 3.05) is 5.73 Å². The molecule has 2 N–H and O–H groups in total. The molecule has 3 rings (SSSR count). The number of nitrogens with two attached hydrogens (primary N) is 1. The highest BCUT2D eigenvalue weighted by molar-refractivity contribution is 6.32. The maximum absolute atomic E-state index is 14.2. The van der Waals surface area contributed by atoms with Crippen molar-refractivity contribution >= 4 is 17.4 Å². The lowest BCUT2D eigenvalue weighted by Crippen LogP contribution is -2.05. The van der Waals surface area contributed by atoms with Gasteiger partial charge in [-0.25, -0.2) is 31.3 Å². The number of rotatable bonds is 3. The van der Waals surface area contributed by atoms with E-state index in [4.69, 9.17) is 22.1 Å². The van der Waals surface area contributed by atoms with Crippen LogP contribution >= 0.6 is 11.6 Å². The van der Waals surface area contributed by atoms with Gasteiger partial charge in [0.15, 0.2) is 34.8 Å². The molecule has 140 valence electrons. The van der Waals surface area contributed by atoms with Crippen LogP contribution in [0.15, 0.2) is 30.5 Å². The van der Waals surface area contributed by atoms with Crippen LogP contribution in [-0.4, -0.2) is 4.98 Å². The monoisotopic (exact) mass is 404 g/mol. The maximum atomic E-state index is 14.2. The second kappa shape index (κ2) is 6.99. The summed E-state index contributed by atoms with van der Waals surface area (Å²) in [6.45, 7) is 0. The first-order valence-electron chi connectivity index (χ1n) is 7.11. The van der Waals surface area contributed by atoms with Crippen LogP contribution in [0, 0.1) is 34.9 Å². The number of nitrogen functional groups attached to an aromatic ring is 1. The van der Waals surface area contributed by atoms with Crippen LogP contribution in [0.1, 0.15) is 0 Å². The molecule has 0 amide bonds. The minimum Gasteiger partial charge on any atom is -0.452 e. The third kappa shape index (κ3) is 3.25. The van der Waals surface area contributed by atoms with Gasteiger partial charge in [-0.1, -0.05) is 11.6 Å². The van der Waals surface area contributed by atoms with Gasteiger partial charge >= 0.3 is 0 Å². The van der Waals surface area contributed by atoms with Gasteiger partial charge < -0.3 is 10.5 Å². The molecule has 2 aromatic carbocycles. The molecule has 0 unspecified atom stereocenters. The molecule has 0 aliphatic rings. The van der Waals surface area contributed by atoms with Gasteiger partial charge in [-0.2, -0.15) is 0 Å². The van der Waals surface area contributed by atoms with Crippen LogP contribution in [0.2, 0.25) is 5.02 Å². The number of nitrogens with zero attached hydrogens (tertiary/aromatic N) is 1. The standard InChI is InChI=1S/C17H7ClF6N2O/c18-7-5-8(19)6(4-10(7)27-9-2-1-3-26-17(9)25)11-12(20)14(22)16(24)15(23)13(11)21/h1-5H,(H2,25,26). The van der Waals surface area contributed by atoms with E-state index in [1.807, 2.05) is 0 Å². The van der Waals surface area contributed by atoms with Crippen LogP contribution < -0.4 is 10.5 Å². The van der Waals surface area contributed by atoms with Crippen molar-refractivity contribution in [1.82, 2.24) is 4.98 Å². The topological polar surface area (TPSA) is 48.1 Å². The summed E-state index contributed by atoms with van der Waals surface area (Å²) in [7, 11) is 0. The Morgan fingerprint density at radius 3 is 2.04 bits per heavy atom. The van der Waals surface area contributed by atoms with E-state index in [0.717, 1.165) is 0 Å². The third-order valence-corrected chi connectivity index (χ3v) is 3.82. The highest BCUT2D eigenvalue weighted by Gasteiger charge is 2.29. The van der Waals surface area contributed by atoms with Gasteiger partial charge in [-0.3, -0.25) is 0 Å². The molecule has 1 heterocycles. The highest BCUT2D eigenvalue weighted by Crippen LogP contribution is 2.39. The maximum Gasteiger partial charge on any atom is 0.200 e.